The molecule has 0 heterocycles. The van der Waals surface area contributed by atoms with Crippen LogP contribution in [0.15, 0.2) is 0 Å². The fourth-order valence-corrected chi connectivity index (χ4v) is 21.9. The van der Waals surface area contributed by atoms with Crippen LogP contribution in [0.3, 0.4) is 0 Å². The molecule has 0 saturated heterocycles. The van der Waals surface area contributed by atoms with Crippen LogP contribution in [0.25, 0.3) is 0 Å². The van der Waals surface area contributed by atoms with Gasteiger partial charge in [0.2, 0.25) is 0 Å². The molecular formula is C2H5BS9. The second-order valence-electron chi connectivity index (χ2n) is 1.45. The topological polar surface area (TPSA) is 0 Å². The van der Waals surface area contributed by atoms with Gasteiger partial charge < -0.3 is 0 Å². The van der Waals surface area contributed by atoms with Crippen molar-refractivity contribution in [2.75, 3.05) is 0 Å². The summed E-state index contributed by atoms with van der Waals surface area (Å²) in [6.45, 7) is 0.656. The van der Waals surface area contributed by atoms with Gasteiger partial charge >= 0.3 is 102 Å². The Kier molecular flexibility index (Phi) is 8.60. The van der Waals surface area contributed by atoms with E-state index >= 15 is 0 Å². The van der Waals surface area contributed by atoms with E-state index in [1.807, 2.05) is 13.1 Å². The Bertz CT molecular complexity index is 613. The molecular weight excluding hydrogens is 323 g/mol. The third kappa shape index (κ3) is 5.06. The Morgan fingerprint density at radius 1 is 1.00 bits per heavy atom. The van der Waals surface area contributed by atoms with Gasteiger partial charge in [-0.1, -0.05) is 0 Å². The van der Waals surface area contributed by atoms with E-state index in [4.69, 9.17) is 55.9 Å². The van der Waals surface area contributed by atoms with E-state index in [2.05, 4.69) is 0 Å². The van der Waals surface area contributed by atoms with E-state index in [0.717, 1.165) is 6.32 Å². The summed E-state index contributed by atoms with van der Waals surface area (Å²) in [5.41, 5.74) is 0. The van der Waals surface area contributed by atoms with Crippen molar-refractivity contribution >= 4 is 89.3 Å². The van der Waals surface area contributed by atoms with Crippen molar-refractivity contribution in [3.05, 3.63) is 0 Å². The van der Waals surface area contributed by atoms with E-state index in [1.54, 1.807) is 0 Å². The summed E-state index contributed by atoms with van der Waals surface area (Å²) in [6, 6.07) is 0. The van der Waals surface area contributed by atoms with Crippen LogP contribution >= 0.6 is 0 Å². The van der Waals surface area contributed by atoms with Gasteiger partial charge in [-0.25, -0.2) is 0 Å². The maximum atomic E-state index is 5.21. The van der Waals surface area contributed by atoms with Crippen molar-refractivity contribution in [3.8, 4) is 0 Å². The van der Waals surface area contributed by atoms with Gasteiger partial charge in [0.15, 0.2) is 0 Å². The third-order valence-electron chi connectivity index (χ3n) is 0.659. The summed E-state index contributed by atoms with van der Waals surface area (Å²) in [4.78, 5) is 0. The molecule has 0 aliphatic heterocycles. The molecule has 0 aliphatic rings. The first-order valence-corrected chi connectivity index (χ1v) is 13.8. The second-order valence-corrected chi connectivity index (χ2v) is 21.0. The molecule has 0 N–H and O–H groups in total. The first kappa shape index (κ1) is 14.0. The molecule has 0 amide bonds. The fourth-order valence-electron chi connectivity index (χ4n) is 0.292. The summed E-state index contributed by atoms with van der Waals surface area (Å²) in [5.74, 6) is 0. The van der Waals surface area contributed by atoms with Crippen molar-refractivity contribution in [3.63, 3.8) is 0 Å². The first-order valence-electron chi connectivity index (χ1n) is 2.68. The molecule has 0 aliphatic carbocycles. The molecule has 0 aromatic heterocycles. The molecule has 70 valence electrons. The van der Waals surface area contributed by atoms with Crippen LogP contribution in [-0.4, -0.2) is 6.15 Å². The summed E-state index contributed by atoms with van der Waals surface area (Å²) >= 11 is 25.4. The zero-order chi connectivity index (χ0) is 9.72. The van der Waals surface area contributed by atoms with Crippen LogP contribution in [0, 0.1) is 0 Å². The first-order chi connectivity index (χ1) is 5.50. The molecule has 10 heteroatoms. The van der Waals surface area contributed by atoms with Gasteiger partial charge in [-0.2, -0.15) is 0 Å². The second kappa shape index (κ2) is 7.35. The van der Waals surface area contributed by atoms with Crippen molar-refractivity contribution in [2.45, 2.75) is 13.2 Å². The van der Waals surface area contributed by atoms with Crippen LogP contribution in [0.5, 0.6) is 0 Å². The zero-order valence-electron chi connectivity index (χ0n) is 5.96. The molecule has 0 nitrogen and oxygen atoms in total. The number of hydrogen-bond acceptors (Lipinski definition) is 5. The van der Waals surface area contributed by atoms with E-state index in [1.165, 1.54) is 0 Å². The van der Waals surface area contributed by atoms with Crippen LogP contribution in [-0.2, 0) is 83.1 Å². The summed E-state index contributed by atoms with van der Waals surface area (Å²) in [6.07, 6.45) is 2.98. The Labute approximate surface area is 101 Å². The van der Waals surface area contributed by atoms with E-state index < -0.39 is 13.1 Å². The monoisotopic (exact) mass is 328 g/mol. The van der Waals surface area contributed by atoms with Crippen molar-refractivity contribution in [2.24, 2.45) is 0 Å². The van der Waals surface area contributed by atoms with Crippen LogP contribution in [0.2, 0.25) is 6.32 Å². The molecule has 0 spiro atoms. The van der Waals surface area contributed by atoms with Gasteiger partial charge in [0.25, 0.3) is 0 Å². The summed E-state index contributed by atoms with van der Waals surface area (Å²) < 4.78 is 0. The molecule has 0 aromatic rings. The van der Waals surface area contributed by atoms with Gasteiger partial charge in [-0.15, -0.1) is 0 Å². The van der Waals surface area contributed by atoms with E-state index in [9.17, 15) is 0 Å². The van der Waals surface area contributed by atoms with Crippen molar-refractivity contribution < 1.29 is 0 Å². The maximum absolute atomic E-state index is 5.21. The molecule has 12 heavy (non-hydrogen) atoms. The van der Waals surface area contributed by atoms with Gasteiger partial charge in [0, 0.05) is 0 Å². The molecule has 0 bridgehead atoms. The minimum absolute atomic E-state index is 0.283. The molecule has 0 unspecified atom stereocenters. The Morgan fingerprint density at radius 3 is 1.83 bits per heavy atom. The van der Waals surface area contributed by atoms with Gasteiger partial charge in [0.05, 0.1) is 0 Å². The predicted octanol–water partition coefficient (Wildman–Crippen LogP) is 0.571. The summed E-state index contributed by atoms with van der Waals surface area (Å²) in [7, 11) is -0.283. The molecule has 0 radical (unpaired) electrons. The van der Waals surface area contributed by atoms with Crippen molar-refractivity contribution in [1.82, 2.24) is 0 Å². The van der Waals surface area contributed by atoms with E-state index in [-0.39, 0.29) is 14.0 Å². The van der Waals surface area contributed by atoms with Crippen LogP contribution in [0.1, 0.15) is 6.92 Å². The normalized spacial score (nSPS) is 8.42. The zero-order valence-corrected chi connectivity index (χ0v) is 13.3. The molecule has 0 atom stereocenters. The van der Waals surface area contributed by atoms with Gasteiger partial charge in [0.1, 0.15) is 0 Å². The Morgan fingerprint density at radius 2 is 1.50 bits per heavy atom. The summed E-state index contributed by atoms with van der Waals surface area (Å²) in [5, 5.41) is 0. The number of hydrogen-bond donors (Lipinski definition) is 0. The Hall–Kier alpha value is 2.04. The SMILES string of the molecule is CCB=S(=S)=S(=S)=S(=S)=S(=S)=S. The predicted molar refractivity (Wildman–Crippen MR) is 82.5 cm³/mol. The molecule has 0 aromatic carbocycles. The average molecular weight is 328 g/mol. The standard InChI is InChI=1S/C2H5BS9/c1-2-3-9(4)11(7)12(8)10(5)6/h2H2,1H3. The average Bonchev–Trinajstić information content (AvgIpc) is 2.02. The van der Waals surface area contributed by atoms with Crippen LogP contribution < -0.4 is 0 Å². The third-order valence-corrected chi connectivity index (χ3v) is 26.3. The van der Waals surface area contributed by atoms with Gasteiger partial charge in [-0.3, -0.25) is 0 Å². The molecule has 0 fully saturated rings. The molecule has 0 saturated carbocycles. The van der Waals surface area contributed by atoms with E-state index in [0.29, 0.717) is 0 Å². The quantitative estimate of drug-likeness (QED) is 0.644. The Balaban J connectivity index is 6.95. The van der Waals surface area contributed by atoms with Gasteiger partial charge in [-0.05, 0) is 0 Å². The molecule has 0 rings (SSSR count). The number of rotatable bonds is 1. The van der Waals surface area contributed by atoms with Crippen molar-refractivity contribution in [1.29, 1.82) is 0 Å². The fraction of sp³-hybridized carbons (Fsp3) is 1.00. The minimum atomic E-state index is -0.577. The van der Waals surface area contributed by atoms with Crippen LogP contribution in [0.4, 0.5) is 0 Å².